The molecule has 2 heterocycles. The topological polar surface area (TPSA) is 77.3 Å². The van der Waals surface area contributed by atoms with E-state index in [2.05, 4.69) is 10.3 Å². The molecular formula is C20H20N4O3. The smallest absolute Gasteiger partial charge is 0.277 e. The van der Waals surface area contributed by atoms with Gasteiger partial charge in [0.15, 0.2) is 0 Å². The van der Waals surface area contributed by atoms with Crippen LogP contribution in [0, 0.1) is 0 Å². The molecule has 4 rings (SSSR count). The molecule has 138 valence electrons. The van der Waals surface area contributed by atoms with Crippen LogP contribution in [0.2, 0.25) is 0 Å². The Morgan fingerprint density at radius 2 is 2.07 bits per heavy atom. The van der Waals surface area contributed by atoms with Crippen LogP contribution in [0.5, 0.6) is 5.75 Å². The maximum Gasteiger partial charge on any atom is 0.277 e. The van der Waals surface area contributed by atoms with Crippen molar-refractivity contribution in [1.29, 1.82) is 0 Å². The van der Waals surface area contributed by atoms with Gasteiger partial charge < -0.3 is 9.64 Å². The zero-order chi connectivity index (χ0) is 18.8. The summed E-state index contributed by atoms with van der Waals surface area (Å²) in [4.78, 5) is 27.1. The molecule has 1 amide bonds. The van der Waals surface area contributed by atoms with Crippen LogP contribution in [0.3, 0.4) is 0 Å². The fourth-order valence-corrected chi connectivity index (χ4v) is 3.47. The van der Waals surface area contributed by atoms with E-state index in [1.165, 1.54) is 4.68 Å². The van der Waals surface area contributed by atoms with Crippen LogP contribution in [0.15, 0.2) is 47.3 Å². The van der Waals surface area contributed by atoms with E-state index in [0.29, 0.717) is 17.4 Å². The van der Waals surface area contributed by atoms with E-state index >= 15 is 0 Å². The van der Waals surface area contributed by atoms with Crippen molar-refractivity contribution in [3.05, 3.63) is 58.4 Å². The fourth-order valence-electron chi connectivity index (χ4n) is 3.47. The number of amides is 1. The minimum absolute atomic E-state index is 0.0250. The average Bonchev–Trinajstić information content (AvgIpc) is 2.72. The van der Waals surface area contributed by atoms with E-state index in [1.54, 1.807) is 30.2 Å². The number of fused-ring (bicyclic) bond motifs is 2. The molecule has 1 aliphatic rings. The highest BCUT2D eigenvalue weighted by molar-refractivity contribution is 5.94. The van der Waals surface area contributed by atoms with Crippen molar-refractivity contribution < 1.29 is 9.53 Å². The van der Waals surface area contributed by atoms with Crippen LogP contribution in [0.4, 0.5) is 5.69 Å². The molecular weight excluding hydrogens is 344 g/mol. The number of aryl methyl sites for hydroxylation is 2. The van der Waals surface area contributed by atoms with Crippen molar-refractivity contribution in [3.8, 4) is 5.75 Å². The number of rotatable bonds is 4. The molecule has 0 radical (unpaired) electrons. The third-order valence-electron chi connectivity index (χ3n) is 4.87. The number of carbonyl (C=O) groups is 1. The van der Waals surface area contributed by atoms with Crippen molar-refractivity contribution in [2.75, 3.05) is 18.6 Å². The van der Waals surface area contributed by atoms with Gasteiger partial charge in [-0.2, -0.15) is 0 Å². The van der Waals surface area contributed by atoms with Gasteiger partial charge in [-0.25, -0.2) is 4.68 Å². The van der Waals surface area contributed by atoms with Gasteiger partial charge in [-0.05, 0) is 48.7 Å². The third-order valence-corrected chi connectivity index (χ3v) is 4.87. The lowest BCUT2D eigenvalue weighted by atomic mass is 10.0. The van der Waals surface area contributed by atoms with E-state index in [4.69, 9.17) is 4.74 Å². The van der Waals surface area contributed by atoms with Crippen molar-refractivity contribution in [1.82, 2.24) is 15.0 Å². The first-order chi connectivity index (χ1) is 13.2. The highest BCUT2D eigenvalue weighted by Crippen LogP contribution is 2.30. The number of hydrogen-bond donors (Lipinski definition) is 0. The number of benzene rings is 2. The lowest BCUT2D eigenvalue weighted by molar-refractivity contribution is -0.119. The normalized spacial score (nSPS) is 13.4. The second-order valence-electron chi connectivity index (χ2n) is 6.53. The molecule has 0 saturated heterocycles. The van der Waals surface area contributed by atoms with Crippen LogP contribution in [0.25, 0.3) is 10.9 Å². The van der Waals surface area contributed by atoms with Crippen LogP contribution < -0.4 is 15.2 Å². The number of hydrogen-bond acceptors (Lipinski definition) is 5. The molecule has 0 bridgehead atoms. The molecule has 1 aliphatic heterocycles. The summed E-state index contributed by atoms with van der Waals surface area (Å²) in [6, 6.07) is 12.8. The Balaban J connectivity index is 1.53. The van der Waals surface area contributed by atoms with Crippen molar-refractivity contribution in [2.45, 2.75) is 25.8 Å². The van der Waals surface area contributed by atoms with Crippen LogP contribution >= 0.6 is 0 Å². The van der Waals surface area contributed by atoms with E-state index in [1.807, 2.05) is 24.3 Å². The average molecular weight is 364 g/mol. The number of aromatic nitrogens is 3. The Bertz CT molecular complexity index is 1060. The van der Waals surface area contributed by atoms with E-state index in [9.17, 15) is 9.59 Å². The number of nitrogens with zero attached hydrogens (tertiary/aromatic N) is 4. The van der Waals surface area contributed by atoms with Crippen molar-refractivity contribution >= 4 is 22.5 Å². The molecule has 0 aliphatic carbocycles. The highest BCUT2D eigenvalue weighted by atomic mass is 16.5. The molecule has 3 aromatic rings. The molecule has 0 N–H and O–H groups in total. The van der Waals surface area contributed by atoms with Gasteiger partial charge in [-0.3, -0.25) is 9.59 Å². The second-order valence-corrected chi connectivity index (χ2v) is 6.53. The Morgan fingerprint density at radius 1 is 1.22 bits per heavy atom. The van der Waals surface area contributed by atoms with Gasteiger partial charge in [0.2, 0.25) is 5.91 Å². The second kappa shape index (κ2) is 7.19. The fraction of sp³-hybridized carbons (Fsp3) is 0.300. The Hall–Kier alpha value is -3.22. The summed E-state index contributed by atoms with van der Waals surface area (Å²) in [5.74, 6) is 0.768. The first-order valence-electron chi connectivity index (χ1n) is 8.97. The molecule has 7 nitrogen and oxygen atoms in total. The summed E-state index contributed by atoms with van der Waals surface area (Å²) in [7, 11) is 1.63. The van der Waals surface area contributed by atoms with E-state index < -0.39 is 0 Å². The summed E-state index contributed by atoms with van der Waals surface area (Å²) in [5.41, 5.74) is 2.36. The lowest BCUT2D eigenvalue weighted by Gasteiger charge is -2.30. The SMILES string of the molecule is COc1ccc2c(c1)CCCN2C(=O)CCn1nnc2ccccc2c1=O. The molecule has 0 spiro atoms. The molecule has 7 heteroatoms. The van der Waals surface area contributed by atoms with Gasteiger partial charge in [0.05, 0.1) is 19.0 Å². The molecule has 2 aromatic carbocycles. The maximum atomic E-state index is 12.8. The minimum Gasteiger partial charge on any atom is -0.497 e. The van der Waals surface area contributed by atoms with Crippen molar-refractivity contribution in [2.24, 2.45) is 0 Å². The minimum atomic E-state index is -0.225. The first-order valence-corrected chi connectivity index (χ1v) is 8.97. The zero-order valence-electron chi connectivity index (χ0n) is 15.1. The predicted octanol–water partition coefficient (Wildman–Crippen LogP) is 2.17. The Morgan fingerprint density at radius 3 is 2.93 bits per heavy atom. The first kappa shape index (κ1) is 17.2. The Labute approximate surface area is 156 Å². The van der Waals surface area contributed by atoms with Gasteiger partial charge in [0, 0.05) is 18.7 Å². The zero-order valence-corrected chi connectivity index (χ0v) is 15.1. The molecule has 0 fully saturated rings. The summed E-state index contributed by atoms with van der Waals surface area (Å²) >= 11 is 0. The van der Waals surface area contributed by atoms with Gasteiger partial charge in [-0.1, -0.05) is 17.3 Å². The maximum absolute atomic E-state index is 12.8. The lowest BCUT2D eigenvalue weighted by Crippen LogP contribution is -2.37. The third kappa shape index (κ3) is 3.28. The number of ether oxygens (including phenoxy) is 1. The van der Waals surface area contributed by atoms with Gasteiger partial charge >= 0.3 is 0 Å². The summed E-state index contributed by atoms with van der Waals surface area (Å²) in [5, 5.41) is 8.53. The summed E-state index contributed by atoms with van der Waals surface area (Å²) in [6.45, 7) is 0.883. The van der Waals surface area contributed by atoms with Crippen LogP contribution in [-0.4, -0.2) is 34.6 Å². The number of carbonyl (C=O) groups excluding carboxylic acids is 1. The largest absolute Gasteiger partial charge is 0.497 e. The van der Waals surface area contributed by atoms with Crippen molar-refractivity contribution in [3.63, 3.8) is 0 Å². The number of methoxy groups -OCH3 is 1. The quantitative estimate of drug-likeness (QED) is 0.709. The van der Waals surface area contributed by atoms with E-state index in [0.717, 1.165) is 29.8 Å². The highest BCUT2D eigenvalue weighted by Gasteiger charge is 2.23. The predicted molar refractivity (Wildman–Crippen MR) is 102 cm³/mol. The number of anilines is 1. The molecule has 0 unspecified atom stereocenters. The molecule has 0 saturated carbocycles. The van der Waals surface area contributed by atoms with Crippen LogP contribution in [-0.2, 0) is 17.8 Å². The summed E-state index contributed by atoms with van der Waals surface area (Å²) < 4.78 is 6.54. The van der Waals surface area contributed by atoms with Crippen LogP contribution in [0.1, 0.15) is 18.4 Å². The van der Waals surface area contributed by atoms with E-state index in [-0.39, 0.29) is 24.4 Å². The van der Waals surface area contributed by atoms with Gasteiger partial charge in [-0.15, -0.1) is 5.10 Å². The molecule has 0 atom stereocenters. The van der Waals surface area contributed by atoms with Gasteiger partial charge in [0.1, 0.15) is 11.3 Å². The molecule has 27 heavy (non-hydrogen) atoms. The summed E-state index contributed by atoms with van der Waals surface area (Å²) in [6.07, 6.45) is 2.02. The van der Waals surface area contributed by atoms with Gasteiger partial charge in [0.25, 0.3) is 5.56 Å². The standard InChI is InChI=1S/C20H20N4O3/c1-27-15-8-9-18-14(13-15)5-4-11-23(18)19(25)10-12-24-20(26)16-6-2-3-7-17(16)21-22-24/h2-3,6-9,13H,4-5,10-12H2,1H3. The molecule has 1 aromatic heterocycles. The monoisotopic (exact) mass is 364 g/mol. The Kier molecular flexibility index (Phi) is 4.58.